The number of hydrogen-bond donors (Lipinski definition) is 2. The van der Waals surface area contributed by atoms with Gasteiger partial charge in [0, 0.05) is 10.8 Å². The lowest BCUT2D eigenvalue weighted by Gasteiger charge is -2.33. The highest BCUT2D eigenvalue weighted by Gasteiger charge is 2.35. The molecule has 0 unspecified atom stereocenters. The Hall–Kier alpha value is -1.36. The minimum atomic E-state index is -0.419. The third kappa shape index (κ3) is 2.91. The van der Waals surface area contributed by atoms with Crippen LogP contribution in [-0.2, 0) is 17.6 Å². The third-order valence-corrected chi connectivity index (χ3v) is 6.09. The van der Waals surface area contributed by atoms with Crippen molar-refractivity contribution in [1.29, 1.82) is 0 Å². The summed E-state index contributed by atoms with van der Waals surface area (Å²) in [5.74, 6) is 0.347. The summed E-state index contributed by atoms with van der Waals surface area (Å²) in [5.41, 5.74) is 7.47. The average Bonchev–Trinajstić information content (AvgIpc) is 3.18. The minimum absolute atomic E-state index is 0.0356. The van der Waals surface area contributed by atoms with E-state index in [0.717, 1.165) is 37.7 Å². The van der Waals surface area contributed by atoms with Gasteiger partial charge in [0.05, 0.1) is 5.56 Å². The maximum absolute atomic E-state index is 12.0. The molecular weight excluding hydrogens is 296 g/mol. The van der Waals surface area contributed by atoms with Gasteiger partial charge in [0.2, 0.25) is 5.91 Å². The van der Waals surface area contributed by atoms with Crippen LogP contribution >= 0.6 is 11.3 Å². The maximum Gasteiger partial charge on any atom is 0.251 e. The van der Waals surface area contributed by atoms with Gasteiger partial charge in [0.25, 0.3) is 5.91 Å². The molecule has 2 amide bonds. The van der Waals surface area contributed by atoms with E-state index in [1.54, 1.807) is 11.3 Å². The van der Waals surface area contributed by atoms with Crippen molar-refractivity contribution >= 4 is 28.2 Å². The number of primary amides is 1. The number of fused-ring (bicyclic) bond motifs is 1. The second-order valence-corrected chi connectivity index (χ2v) is 8.75. The zero-order chi connectivity index (χ0) is 16.1. The van der Waals surface area contributed by atoms with Gasteiger partial charge in [-0.2, -0.15) is 0 Å². The SMILES string of the molecule is CC(C)(C)[C@H]1CCc2c(sc(NC(=O)C3CC3)c2C(N)=O)C1. The number of amides is 2. The molecule has 5 heteroatoms. The second-order valence-electron chi connectivity index (χ2n) is 7.64. The number of nitrogens with two attached hydrogens (primary N) is 1. The molecule has 4 nitrogen and oxygen atoms in total. The number of rotatable bonds is 3. The minimum Gasteiger partial charge on any atom is -0.365 e. The number of hydrogen-bond acceptors (Lipinski definition) is 3. The number of anilines is 1. The molecule has 22 heavy (non-hydrogen) atoms. The van der Waals surface area contributed by atoms with Gasteiger partial charge in [-0.1, -0.05) is 20.8 Å². The summed E-state index contributed by atoms with van der Waals surface area (Å²) in [6.07, 6.45) is 4.84. The third-order valence-electron chi connectivity index (χ3n) is 4.92. The topological polar surface area (TPSA) is 72.2 Å². The molecule has 120 valence electrons. The van der Waals surface area contributed by atoms with E-state index in [1.165, 1.54) is 4.88 Å². The zero-order valence-corrected chi connectivity index (χ0v) is 14.3. The van der Waals surface area contributed by atoms with Crippen molar-refractivity contribution in [3.63, 3.8) is 0 Å². The van der Waals surface area contributed by atoms with Crippen molar-refractivity contribution in [2.24, 2.45) is 23.0 Å². The van der Waals surface area contributed by atoms with Crippen molar-refractivity contribution in [3.8, 4) is 0 Å². The van der Waals surface area contributed by atoms with Gasteiger partial charge in [-0.05, 0) is 49.0 Å². The van der Waals surface area contributed by atoms with E-state index in [9.17, 15) is 9.59 Å². The van der Waals surface area contributed by atoms with Gasteiger partial charge < -0.3 is 11.1 Å². The molecule has 0 saturated heterocycles. The molecule has 2 aliphatic rings. The predicted molar refractivity (Wildman–Crippen MR) is 89.2 cm³/mol. The molecule has 1 saturated carbocycles. The fraction of sp³-hybridized carbons (Fsp3) is 0.647. The number of carbonyl (C=O) groups excluding carboxylic acids is 2. The Morgan fingerprint density at radius 1 is 1.23 bits per heavy atom. The van der Waals surface area contributed by atoms with Gasteiger partial charge >= 0.3 is 0 Å². The van der Waals surface area contributed by atoms with Crippen LogP contribution in [0.3, 0.4) is 0 Å². The molecule has 0 radical (unpaired) electrons. The van der Waals surface area contributed by atoms with E-state index < -0.39 is 5.91 Å². The summed E-state index contributed by atoms with van der Waals surface area (Å²) in [6.45, 7) is 6.79. The van der Waals surface area contributed by atoms with E-state index >= 15 is 0 Å². The molecule has 0 aromatic carbocycles. The van der Waals surface area contributed by atoms with Gasteiger partial charge in [-0.25, -0.2) is 0 Å². The molecule has 0 spiro atoms. The number of carbonyl (C=O) groups is 2. The Balaban J connectivity index is 1.90. The van der Waals surface area contributed by atoms with Crippen LogP contribution in [0.15, 0.2) is 0 Å². The van der Waals surface area contributed by atoms with Crippen molar-refractivity contribution in [3.05, 3.63) is 16.0 Å². The Kier molecular flexibility index (Phi) is 3.79. The Morgan fingerprint density at radius 2 is 1.91 bits per heavy atom. The first-order valence-electron chi connectivity index (χ1n) is 8.02. The summed E-state index contributed by atoms with van der Waals surface area (Å²) in [4.78, 5) is 25.1. The normalized spacial score (nSPS) is 21.3. The van der Waals surface area contributed by atoms with Gasteiger partial charge in [-0.15, -0.1) is 11.3 Å². The lowest BCUT2D eigenvalue weighted by Crippen LogP contribution is -2.27. The van der Waals surface area contributed by atoms with Gasteiger partial charge in [0.1, 0.15) is 5.00 Å². The van der Waals surface area contributed by atoms with Crippen LogP contribution < -0.4 is 11.1 Å². The summed E-state index contributed by atoms with van der Waals surface area (Å²) in [7, 11) is 0. The highest BCUT2D eigenvalue weighted by molar-refractivity contribution is 7.17. The van der Waals surface area contributed by atoms with E-state index in [1.807, 2.05) is 0 Å². The highest BCUT2D eigenvalue weighted by atomic mass is 32.1. The summed E-state index contributed by atoms with van der Waals surface area (Å²) in [6, 6.07) is 0. The fourth-order valence-corrected chi connectivity index (χ4v) is 4.57. The van der Waals surface area contributed by atoms with Gasteiger partial charge in [0.15, 0.2) is 0 Å². The Morgan fingerprint density at radius 3 is 2.45 bits per heavy atom. The monoisotopic (exact) mass is 320 g/mol. The highest BCUT2D eigenvalue weighted by Crippen LogP contribution is 2.44. The lowest BCUT2D eigenvalue weighted by atomic mass is 9.72. The van der Waals surface area contributed by atoms with Crippen molar-refractivity contribution < 1.29 is 9.59 Å². The standard InChI is InChI=1S/C17H24N2O2S/c1-17(2,3)10-6-7-11-12(8-10)22-16(13(11)14(18)20)19-15(21)9-4-5-9/h9-10H,4-8H2,1-3H3,(H2,18,20)(H,19,21)/t10-/m0/s1. The van der Waals surface area contributed by atoms with E-state index in [0.29, 0.717) is 16.5 Å². The lowest BCUT2D eigenvalue weighted by molar-refractivity contribution is -0.117. The molecule has 1 fully saturated rings. The number of thiophene rings is 1. The maximum atomic E-state index is 12.0. The molecule has 0 bridgehead atoms. The first kappa shape index (κ1) is 15.5. The Labute approximate surface area is 135 Å². The smallest absolute Gasteiger partial charge is 0.251 e. The van der Waals surface area contributed by atoms with Crippen LogP contribution in [0.5, 0.6) is 0 Å². The molecule has 1 aromatic rings. The van der Waals surface area contributed by atoms with Crippen LogP contribution in [0, 0.1) is 17.3 Å². The van der Waals surface area contributed by atoms with E-state index in [-0.39, 0.29) is 17.2 Å². The average molecular weight is 320 g/mol. The predicted octanol–water partition coefficient (Wildman–Crippen LogP) is 3.35. The first-order valence-corrected chi connectivity index (χ1v) is 8.84. The number of nitrogens with one attached hydrogen (secondary N) is 1. The van der Waals surface area contributed by atoms with Crippen LogP contribution in [0.25, 0.3) is 0 Å². The van der Waals surface area contributed by atoms with E-state index in [4.69, 9.17) is 5.73 Å². The zero-order valence-electron chi connectivity index (χ0n) is 13.5. The quantitative estimate of drug-likeness (QED) is 0.896. The Bertz CT molecular complexity index is 623. The second kappa shape index (κ2) is 5.37. The molecule has 3 N–H and O–H groups in total. The van der Waals surface area contributed by atoms with Crippen molar-refractivity contribution in [2.75, 3.05) is 5.32 Å². The molecule has 2 aliphatic carbocycles. The molecule has 0 aliphatic heterocycles. The fourth-order valence-electron chi connectivity index (χ4n) is 3.23. The molecule has 1 heterocycles. The van der Waals surface area contributed by atoms with Crippen LogP contribution in [0.1, 0.15) is 60.8 Å². The first-order chi connectivity index (χ1) is 10.3. The van der Waals surface area contributed by atoms with Crippen LogP contribution in [0.2, 0.25) is 0 Å². The van der Waals surface area contributed by atoms with Gasteiger partial charge in [-0.3, -0.25) is 9.59 Å². The molecule has 3 rings (SSSR count). The van der Waals surface area contributed by atoms with Crippen molar-refractivity contribution in [1.82, 2.24) is 0 Å². The van der Waals surface area contributed by atoms with Crippen LogP contribution in [-0.4, -0.2) is 11.8 Å². The molecule has 1 aromatic heterocycles. The summed E-state index contributed by atoms with van der Waals surface area (Å²) < 4.78 is 0. The molecule has 1 atom stereocenters. The van der Waals surface area contributed by atoms with E-state index in [2.05, 4.69) is 26.1 Å². The summed E-state index contributed by atoms with van der Waals surface area (Å²) >= 11 is 1.55. The largest absolute Gasteiger partial charge is 0.365 e. The molecular formula is C17H24N2O2S. The van der Waals surface area contributed by atoms with Crippen molar-refractivity contribution in [2.45, 2.75) is 52.9 Å². The van der Waals surface area contributed by atoms with Crippen LogP contribution in [0.4, 0.5) is 5.00 Å². The summed E-state index contributed by atoms with van der Waals surface area (Å²) in [5, 5.41) is 3.61.